The van der Waals surface area contributed by atoms with E-state index in [0.29, 0.717) is 0 Å². The number of carbonyl (C=O) groups excluding carboxylic acids is 4. The highest BCUT2D eigenvalue weighted by atomic mass is 19.1. The number of nitrogens with zero attached hydrogens (tertiary/aromatic N) is 1. The van der Waals surface area contributed by atoms with Crippen molar-refractivity contribution in [1.82, 2.24) is 4.90 Å². The lowest BCUT2D eigenvalue weighted by Gasteiger charge is -2.19. The normalized spacial score (nSPS) is 23.1. The molecule has 1 aromatic rings. The maximum absolute atomic E-state index is 12.9. The SMILES string of the molecule is C[C@H](OC(=O)CCN1C(=O)[C@H]2CCCC[C@H]2C1=O)C(=O)c1ccc(F)cc1. The molecule has 0 aromatic heterocycles. The van der Waals surface area contributed by atoms with Crippen molar-refractivity contribution in [3.8, 4) is 0 Å². The summed E-state index contributed by atoms with van der Waals surface area (Å²) in [5.74, 6) is -2.46. The van der Waals surface area contributed by atoms with Gasteiger partial charge in [0.05, 0.1) is 18.3 Å². The summed E-state index contributed by atoms with van der Waals surface area (Å²) >= 11 is 0. The molecular weight excluding hydrogens is 353 g/mol. The number of esters is 1. The van der Waals surface area contributed by atoms with Gasteiger partial charge in [-0.15, -0.1) is 0 Å². The highest BCUT2D eigenvalue weighted by Gasteiger charge is 2.47. The second-order valence-corrected chi connectivity index (χ2v) is 7.08. The highest BCUT2D eigenvalue weighted by molar-refractivity contribution is 6.05. The molecule has 0 bridgehead atoms. The number of rotatable bonds is 6. The maximum atomic E-state index is 12.9. The van der Waals surface area contributed by atoms with Crippen molar-refractivity contribution < 1.29 is 28.3 Å². The molecule has 3 atom stereocenters. The van der Waals surface area contributed by atoms with Gasteiger partial charge in [0.1, 0.15) is 5.82 Å². The molecule has 0 N–H and O–H groups in total. The topological polar surface area (TPSA) is 80.8 Å². The summed E-state index contributed by atoms with van der Waals surface area (Å²) in [6.07, 6.45) is 2.14. The fourth-order valence-electron chi connectivity index (χ4n) is 3.81. The van der Waals surface area contributed by atoms with E-state index in [1.807, 2.05) is 0 Å². The number of amides is 2. The van der Waals surface area contributed by atoms with Crippen molar-refractivity contribution in [3.05, 3.63) is 35.6 Å². The van der Waals surface area contributed by atoms with E-state index < -0.39 is 23.7 Å². The molecule has 1 aromatic carbocycles. The summed E-state index contributed by atoms with van der Waals surface area (Å²) < 4.78 is 18.0. The van der Waals surface area contributed by atoms with Crippen LogP contribution in [-0.4, -0.2) is 41.1 Å². The summed E-state index contributed by atoms with van der Waals surface area (Å²) in [5.41, 5.74) is 0.241. The molecular formula is C20H22FNO5. The fourth-order valence-corrected chi connectivity index (χ4v) is 3.81. The maximum Gasteiger partial charge on any atom is 0.308 e. The van der Waals surface area contributed by atoms with Crippen LogP contribution in [0.25, 0.3) is 0 Å². The molecule has 0 unspecified atom stereocenters. The average Bonchev–Trinajstić information content (AvgIpc) is 2.91. The van der Waals surface area contributed by atoms with Crippen LogP contribution in [0.5, 0.6) is 0 Å². The van der Waals surface area contributed by atoms with Crippen molar-refractivity contribution >= 4 is 23.6 Å². The first-order valence-corrected chi connectivity index (χ1v) is 9.23. The second-order valence-electron chi connectivity index (χ2n) is 7.08. The zero-order valence-corrected chi connectivity index (χ0v) is 15.2. The Morgan fingerprint density at radius 3 is 2.22 bits per heavy atom. The summed E-state index contributed by atoms with van der Waals surface area (Å²) in [6, 6.07) is 4.97. The quantitative estimate of drug-likeness (QED) is 0.434. The van der Waals surface area contributed by atoms with Gasteiger partial charge in [-0.2, -0.15) is 0 Å². The number of fused-ring (bicyclic) bond motifs is 1. The van der Waals surface area contributed by atoms with Crippen LogP contribution >= 0.6 is 0 Å². The predicted molar refractivity (Wildman–Crippen MR) is 93.1 cm³/mol. The van der Waals surface area contributed by atoms with Gasteiger partial charge in [-0.1, -0.05) is 12.8 Å². The molecule has 1 saturated carbocycles. The minimum atomic E-state index is -1.03. The van der Waals surface area contributed by atoms with Gasteiger partial charge in [0.15, 0.2) is 6.10 Å². The van der Waals surface area contributed by atoms with Gasteiger partial charge in [-0.25, -0.2) is 4.39 Å². The number of ether oxygens (including phenoxy) is 1. The van der Waals surface area contributed by atoms with Crippen LogP contribution in [0.1, 0.15) is 49.4 Å². The smallest absolute Gasteiger partial charge is 0.308 e. The summed E-state index contributed by atoms with van der Waals surface area (Å²) in [4.78, 5) is 50.2. The lowest BCUT2D eigenvalue weighted by molar-refractivity contribution is -0.147. The Hall–Kier alpha value is -2.57. The number of Topliss-reactive ketones (excluding diaryl/α,β-unsaturated/α-hetero) is 1. The number of hydrogen-bond acceptors (Lipinski definition) is 5. The standard InChI is InChI=1S/C20H22FNO5/c1-12(18(24)13-6-8-14(21)9-7-13)27-17(23)10-11-22-19(25)15-4-2-3-5-16(15)20(22)26/h6-9,12,15-16H,2-5,10-11H2,1H3/t12-,15-,16+/m0/s1. The number of ketones is 1. The second kappa shape index (κ2) is 7.98. The van der Waals surface area contributed by atoms with Crippen LogP contribution in [0.4, 0.5) is 4.39 Å². The average molecular weight is 375 g/mol. The van der Waals surface area contributed by atoms with Crippen LogP contribution in [0.2, 0.25) is 0 Å². The number of imide groups is 1. The van der Waals surface area contributed by atoms with Crippen LogP contribution in [0.15, 0.2) is 24.3 Å². The third-order valence-electron chi connectivity index (χ3n) is 5.28. The van der Waals surface area contributed by atoms with E-state index in [0.717, 1.165) is 42.7 Å². The Morgan fingerprint density at radius 1 is 1.11 bits per heavy atom. The van der Waals surface area contributed by atoms with Crippen molar-refractivity contribution in [3.63, 3.8) is 0 Å². The molecule has 1 saturated heterocycles. The molecule has 3 rings (SSSR count). The molecule has 1 aliphatic carbocycles. The Labute approximate surface area is 156 Å². The van der Waals surface area contributed by atoms with Gasteiger partial charge in [0, 0.05) is 12.1 Å². The van der Waals surface area contributed by atoms with Gasteiger partial charge >= 0.3 is 5.97 Å². The lowest BCUT2D eigenvalue weighted by atomic mass is 9.81. The van der Waals surface area contributed by atoms with Gasteiger partial charge in [-0.3, -0.25) is 24.1 Å². The molecule has 6 nitrogen and oxygen atoms in total. The van der Waals surface area contributed by atoms with Gasteiger partial charge < -0.3 is 4.74 Å². The van der Waals surface area contributed by atoms with Crippen molar-refractivity contribution in [2.45, 2.75) is 45.1 Å². The third kappa shape index (κ3) is 4.07. The van der Waals surface area contributed by atoms with E-state index in [2.05, 4.69) is 0 Å². The van der Waals surface area contributed by atoms with Crippen molar-refractivity contribution in [2.24, 2.45) is 11.8 Å². The predicted octanol–water partition coefficient (Wildman–Crippen LogP) is 2.51. The molecule has 1 aliphatic heterocycles. The van der Waals surface area contributed by atoms with Crippen molar-refractivity contribution in [1.29, 1.82) is 0 Å². The molecule has 0 radical (unpaired) electrons. The molecule has 0 spiro atoms. The molecule has 7 heteroatoms. The zero-order chi connectivity index (χ0) is 19.6. The molecule has 2 fully saturated rings. The first-order chi connectivity index (χ1) is 12.9. The summed E-state index contributed by atoms with van der Waals surface area (Å²) in [7, 11) is 0. The molecule has 144 valence electrons. The number of likely N-dealkylation sites (tertiary alicyclic amines) is 1. The fraction of sp³-hybridized carbons (Fsp3) is 0.500. The zero-order valence-electron chi connectivity index (χ0n) is 15.2. The van der Waals surface area contributed by atoms with Crippen LogP contribution in [-0.2, 0) is 19.1 Å². The van der Waals surface area contributed by atoms with Crippen LogP contribution in [0.3, 0.4) is 0 Å². The monoisotopic (exact) mass is 375 g/mol. The molecule has 1 heterocycles. The van der Waals surface area contributed by atoms with Crippen molar-refractivity contribution in [2.75, 3.05) is 6.54 Å². The minimum absolute atomic E-state index is 0.0268. The molecule has 27 heavy (non-hydrogen) atoms. The Balaban J connectivity index is 1.52. The Kier molecular flexibility index (Phi) is 5.68. The van der Waals surface area contributed by atoms with Gasteiger partial charge in [0.25, 0.3) is 0 Å². The number of hydrogen-bond donors (Lipinski definition) is 0. The van der Waals surface area contributed by atoms with Crippen LogP contribution < -0.4 is 0 Å². The molecule has 2 amide bonds. The van der Waals surface area contributed by atoms with Gasteiger partial charge in [0.2, 0.25) is 17.6 Å². The van der Waals surface area contributed by atoms with E-state index >= 15 is 0 Å². The largest absolute Gasteiger partial charge is 0.454 e. The minimum Gasteiger partial charge on any atom is -0.454 e. The number of carbonyl (C=O) groups is 4. The van der Waals surface area contributed by atoms with E-state index in [1.165, 1.54) is 19.1 Å². The first kappa shape index (κ1) is 19.2. The first-order valence-electron chi connectivity index (χ1n) is 9.23. The lowest BCUT2D eigenvalue weighted by Crippen LogP contribution is -2.34. The number of halogens is 1. The van der Waals surface area contributed by atoms with Crippen LogP contribution in [0, 0.1) is 17.7 Å². The summed E-state index contributed by atoms with van der Waals surface area (Å²) in [6.45, 7) is 1.41. The van der Waals surface area contributed by atoms with E-state index in [4.69, 9.17) is 4.74 Å². The summed E-state index contributed by atoms with van der Waals surface area (Å²) in [5, 5.41) is 0. The third-order valence-corrected chi connectivity index (χ3v) is 5.28. The van der Waals surface area contributed by atoms with Gasteiger partial charge in [-0.05, 0) is 44.0 Å². The van der Waals surface area contributed by atoms with E-state index in [9.17, 15) is 23.6 Å². The molecule has 2 aliphatic rings. The van der Waals surface area contributed by atoms with E-state index in [-0.39, 0.29) is 42.2 Å². The highest BCUT2D eigenvalue weighted by Crippen LogP contribution is 2.37. The van der Waals surface area contributed by atoms with E-state index in [1.54, 1.807) is 0 Å². The Morgan fingerprint density at radius 2 is 1.67 bits per heavy atom. The number of benzene rings is 1. The Bertz CT molecular complexity index is 736.